The molecule has 9 nitrogen and oxygen atoms in total. The molecule has 1 aromatic heterocycles. The van der Waals surface area contributed by atoms with Crippen LogP contribution in [0.2, 0.25) is 0 Å². The third-order valence-electron chi connectivity index (χ3n) is 2.13. The lowest BCUT2D eigenvalue weighted by atomic mass is 10.2. The van der Waals surface area contributed by atoms with E-state index in [1.807, 2.05) is 0 Å². The van der Waals surface area contributed by atoms with Gasteiger partial charge in [0.15, 0.2) is 0 Å². The van der Waals surface area contributed by atoms with Gasteiger partial charge in [-0.3, -0.25) is 14.9 Å². The maximum atomic E-state index is 11.9. The molecule has 0 saturated carbocycles. The Labute approximate surface area is 110 Å². The van der Waals surface area contributed by atoms with Crippen molar-refractivity contribution in [2.75, 3.05) is 17.3 Å². The van der Waals surface area contributed by atoms with E-state index < -0.39 is 27.7 Å². The fourth-order valence-electron chi connectivity index (χ4n) is 1.32. The van der Waals surface area contributed by atoms with Crippen molar-refractivity contribution in [2.45, 2.75) is 19.4 Å². The van der Waals surface area contributed by atoms with Crippen molar-refractivity contribution in [3.63, 3.8) is 0 Å². The second-order valence-electron chi connectivity index (χ2n) is 3.99. The van der Waals surface area contributed by atoms with Crippen LogP contribution in [0.5, 0.6) is 0 Å². The molecule has 106 valence electrons. The normalized spacial score (nSPS) is 12.7. The number of aromatic nitrogens is 3. The molecule has 0 aliphatic heterocycles. The Morgan fingerprint density at radius 1 is 1.47 bits per heavy atom. The van der Waals surface area contributed by atoms with Crippen LogP contribution in [-0.4, -0.2) is 53.5 Å². The van der Waals surface area contributed by atoms with Crippen LogP contribution in [0.25, 0.3) is 0 Å². The molecule has 19 heavy (non-hydrogen) atoms. The molecule has 0 aromatic carbocycles. The highest BCUT2D eigenvalue weighted by Crippen LogP contribution is 2.01. The summed E-state index contributed by atoms with van der Waals surface area (Å²) in [6.07, 6.45) is 2.25. The fourth-order valence-corrected chi connectivity index (χ4v) is 1.98. The average Bonchev–Trinajstić information content (AvgIpc) is 2.75. The van der Waals surface area contributed by atoms with Crippen LogP contribution >= 0.6 is 0 Å². The lowest BCUT2D eigenvalue weighted by molar-refractivity contribution is -0.125. The Hall–Kier alpha value is -1.97. The predicted molar refractivity (Wildman–Crippen MR) is 66.9 cm³/mol. The highest BCUT2D eigenvalue weighted by Gasteiger charge is 2.21. The van der Waals surface area contributed by atoms with Crippen molar-refractivity contribution in [2.24, 2.45) is 0 Å². The van der Waals surface area contributed by atoms with Gasteiger partial charge in [0.25, 0.3) is 0 Å². The molecule has 0 aliphatic rings. The number of amides is 2. The Balaban J connectivity index is 2.67. The predicted octanol–water partition coefficient (Wildman–Crippen LogP) is -1.32. The number of H-pyrrole nitrogens is 1. The van der Waals surface area contributed by atoms with Gasteiger partial charge in [-0.15, -0.1) is 0 Å². The molecular formula is C9H15N5O4S. The molecule has 0 unspecified atom stereocenters. The maximum Gasteiger partial charge on any atom is 0.249 e. The zero-order valence-corrected chi connectivity index (χ0v) is 11.3. The molecule has 0 spiro atoms. The quantitative estimate of drug-likeness (QED) is 0.595. The lowest BCUT2D eigenvalue weighted by Crippen LogP contribution is -2.44. The van der Waals surface area contributed by atoms with E-state index in [0.29, 0.717) is 0 Å². The monoisotopic (exact) mass is 289 g/mol. The number of nitrogens with one attached hydrogen (secondary N) is 3. The largest absolute Gasteiger partial charge is 0.344 e. The SMILES string of the molecule is CC(=O)N[C@@H](CCS(C)(=O)=O)C(=O)Nc1ncn[nH]1. The lowest BCUT2D eigenvalue weighted by Gasteiger charge is -2.16. The number of rotatable bonds is 6. The summed E-state index contributed by atoms with van der Waals surface area (Å²) in [5.41, 5.74) is 0. The smallest absolute Gasteiger partial charge is 0.249 e. The molecule has 0 fully saturated rings. The van der Waals surface area contributed by atoms with Gasteiger partial charge in [-0.25, -0.2) is 13.5 Å². The highest BCUT2D eigenvalue weighted by atomic mass is 32.2. The van der Waals surface area contributed by atoms with Crippen LogP contribution in [0.15, 0.2) is 6.33 Å². The van der Waals surface area contributed by atoms with E-state index in [1.54, 1.807) is 0 Å². The van der Waals surface area contributed by atoms with Gasteiger partial charge in [-0.2, -0.15) is 10.1 Å². The molecule has 1 aromatic rings. The van der Waals surface area contributed by atoms with Gasteiger partial charge in [0, 0.05) is 13.2 Å². The van der Waals surface area contributed by atoms with Gasteiger partial charge in [0.05, 0.1) is 5.75 Å². The van der Waals surface area contributed by atoms with Gasteiger partial charge in [-0.1, -0.05) is 0 Å². The Kier molecular flexibility index (Phi) is 4.98. The van der Waals surface area contributed by atoms with E-state index in [0.717, 1.165) is 6.26 Å². The number of hydrogen-bond acceptors (Lipinski definition) is 6. The summed E-state index contributed by atoms with van der Waals surface area (Å²) < 4.78 is 22.2. The topological polar surface area (TPSA) is 134 Å². The molecule has 0 radical (unpaired) electrons. The van der Waals surface area contributed by atoms with E-state index in [1.165, 1.54) is 13.3 Å². The van der Waals surface area contributed by atoms with E-state index in [-0.39, 0.29) is 18.1 Å². The molecule has 10 heteroatoms. The molecule has 3 N–H and O–H groups in total. The summed E-state index contributed by atoms with van der Waals surface area (Å²) in [5, 5.41) is 10.7. The number of nitrogens with zero attached hydrogens (tertiary/aromatic N) is 2. The van der Waals surface area contributed by atoms with Crippen LogP contribution < -0.4 is 10.6 Å². The second kappa shape index (κ2) is 6.27. The minimum Gasteiger partial charge on any atom is -0.344 e. The first-order chi connectivity index (χ1) is 8.78. The molecule has 0 bridgehead atoms. The summed E-state index contributed by atoms with van der Waals surface area (Å²) in [4.78, 5) is 26.6. The van der Waals surface area contributed by atoms with Gasteiger partial charge in [0.2, 0.25) is 17.8 Å². The van der Waals surface area contributed by atoms with Crippen LogP contribution in [0.3, 0.4) is 0 Å². The van der Waals surface area contributed by atoms with Crippen LogP contribution in [0.1, 0.15) is 13.3 Å². The first kappa shape index (κ1) is 15.1. The van der Waals surface area contributed by atoms with Crippen LogP contribution in [-0.2, 0) is 19.4 Å². The number of aromatic amines is 1. The number of carbonyl (C=O) groups excluding carboxylic acids is 2. The van der Waals surface area contributed by atoms with Gasteiger partial charge in [0.1, 0.15) is 22.2 Å². The van der Waals surface area contributed by atoms with Gasteiger partial charge in [-0.05, 0) is 6.42 Å². The first-order valence-electron chi connectivity index (χ1n) is 5.39. The van der Waals surface area contributed by atoms with E-state index in [9.17, 15) is 18.0 Å². The molecule has 1 heterocycles. The molecule has 1 rings (SSSR count). The number of carbonyl (C=O) groups is 2. The number of anilines is 1. The fraction of sp³-hybridized carbons (Fsp3) is 0.556. The summed E-state index contributed by atoms with van der Waals surface area (Å²) in [6, 6.07) is -0.947. The molecule has 2 amide bonds. The summed E-state index contributed by atoms with van der Waals surface area (Å²) >= 11 is 0. The van der Waals surface area contributed by atoms with Gasteiger partial charge >= 0.3 is 0 Å². The molecule has 0 aliphatic carbocycles. The van der Waals surface area contributed by atoms with Gasteiger partial charge < -0.3 is 5.32 Å². The molecule has 0 saturated heterocycles. The molecular weight excluding hydrogens is 274 g/mol. The van der Waals surface area contributed by atoms with E-state index in [2.05, 4.69) is 25.8 Å². The number of hydrogen-bond donors (Lipinski definition) is 3. The van der Waals surface area contributed by atoms with Crippen molar-refractivity contribution in [1.82, 2.24) is 20.5 Å². The van der Waals surface area contributed by atoms with E-state index in [4.69, 9.17) is 0 Å². The van der Waals surface area contributed by atoms with Crippen molar-refractivity contribution in [3.05, 3.63) is 6.33 Å². The van der Waals surface area contributed by atoms with Crippen LogP contribution in [0, 0.1) is 0 Å². The third kappa shape index (κ3) is 5.95. The Morgan fingerprint density at radius 2 is 2.16 bits per heavy atom. The zero-order chi connectivity index (χ0) is 14.5. The zero-order valence-electron chi connectivity index (χ0n) is 10.5. The molecule has 1 atom stereocenters. The van der Waals surface area contributed by atoms with Crippen molar-refractivity contribution < 1.29 is 18.0 Å². The van der Waals surface area contributed by atoms with Crippen molar-refractivity contribution in [1.29, 1.82) is 0 Å². The van der Waals surface area contributed by atoms with Crippen molar-refractivity contribution >= 4 is 27.6 Å². The Bertz CT molecular complexity index is 539. The number of sulfone groups is 1. The second-order valence-corrected chi connectivity index (χ2v) is 6.25. The average molecular weight is 289 g/mol. The minimum absolute atomic E-state index is 0.0155. The minimum atomic E-state index is -3.22. The van der Waals surface area contributed by atoms with Crippen molar-refractivity contribution in [3.8, 4) is 0 Å². The maximum absolute atomic E-state index is 11.9. The Morgan fingerprint density at radius 3 is 2.63 bits per heavy atom. The highest BCUT2D eigenvalue weighted by molar-refractivity contribution is 7.90. The summed E-state index contributed by atoms with van der Waals surface area (Å²) in [5.74, 6) is -1.07. The summed E-state index contributed by atoms with van der Waals surface area (Å²) in [7, 11) is -3.22. The van der Waals surface area contributed by atoms with Crippen LogP contribution in [0.4, 0.5) is 5.95 Å². The van der Waals surface area contributed by atoms with E-state index >= 15 is 0 Å². The summed E-state index contributed by atoms with van der Waals surface area (Å²) in [6.45, 7) is 1.25. The first-order valence-corrected chi connectivity index (χ1v) is 7.45. The standard InChI is InChI=1S/C9H15N5O4S/c1-6(15)12-7(3-4-19(2,17)18)8(16)13-9-10-5-11-14-9/h5,7H,3-4H2,1-2H3,(H,12,15)(H2,10,11,13,14,16)/t7-/m0/s1. The third-order valence-corrected chi connectivity index (χ3v) is 3.11.